The van der Waals surface area contributed by atoms with E-state index in [1.165, 1.54) is 6.07 Å². The summed E-state index contributed by atoms with van der Waals surface area (Å²) in [7, 11) is 0. The number of phenols is 1. The molecular weight excluding hydrogens is 396 g/mol. The third-order valence-corrected chi connectivity index (χ3v) is 5.29. The van der Waals surface area contributed by atoms with Crippen molar-refractivity contribution in [2.75, 3.05) is 18.5 Å². The first kappa shape index (κ1) is 19.0. The van der Waals surface area contributed by atoms with E-state index in [0.29, 0.717) is 53.0 Å². The summed E-state index contributed by atoms with van der Waals surface area (Å²) in [6, 6.07) is 13.7. The fourth-order valence-electron chi connectivity index (χ4n) is 3.47. The topological polar surface area (TPSA) is 93.8 Å². The molecule has 0 saturated carbocycles. The van der Waals surface area contributed by atoms with E-state index in [-0.39, 0.29) is 11.7 Å². The van der Waals surface area contributed by atoms with Gasteiger partial charge in [-0.25, -0.2) is 4.98 Å². The molecule has 5 rings (SSSR count). The third kappa shape index (κ3) is 3.54. The van der Waals surface area contributed by atoms with Crippen LogP contribution in [0.15, 0.2) is 52.9 Å². The first-order valence-corrected chi connectivity index (χ1v) is 9.90. The number of anilines is 1. The summed E-state index contributed by atoms with van der Waals surface area (Å²) in [5.41, 5.74) is 4.94. The molecule has 0 radical (unpaired) electrons. The minimum atomic E-state index is -0.322. The maximum Gasteiger partial charge on any atom is 0.255 e. The second-order valence-corrected chi connectivity index (χ2v) is 7.47. The van der Waals surface area contributed by atoms with Gasteiger partial charge < -0.3 is 24.3 Å². The van der Waals surface area contributed by atoms with Gasteiger partial charge in [-0.05, 0) is 67.4 Å². The maximum absolute atomic E-state index is 12.6. The van der Waals surface area contributed by atoms with E-state index in [4.69, 9.17) is 13.9 Å². The van der Waals surface area contributed by atoms with Crippen LogP contribution in [0, 0.1) is 13.8 Å². The van der Waals surface area contributed by atoms with Gasteiger partial charge in [0.05, 0.1) is 5.56 Å². The molecule has 7 heteroatoms. The molecule has 1 amide bonds. The lowest BCUT2D eigenvalue weighted by molar-refractivity contribution is 0.102. The summed E-state index contributed by atoms with van der Waals surface area (Å²) in [6.07, 6.45) is 0. The summed E-state index contributed by atoms with van der Waals surface area (Å²) >= 11 is 0. The minimum absolute atomic E-state index is 0.0417. The van der Waals surface area contributed by atoms with Gasteiger partial charge in [0.15, 0.2) is 17.1 Å². The first-order valence-electron chi connectivity index (χ1n) is 9.90. The number of nitrogens with zero attached hydrogens (tertiary/aromatic N) is 1. The summed E-state index contributed by atoms with van der Waals surface area (Å²) in [5, 5.41) is 13.3. The summed E-state index contributed by atoms with van der Waals surface area (Å²) in [6.45, 7) is 4.96. The van der Waals surface area contributed by atoms with Crippen molar-refractivity contribution in [1.29, 1.82) is 0 Å². The highest BCUT2D eigenvalue weighted by Gasteiger charge is 2.17. The molecule has 0 spiro atoms. The number of hydrogen-bond donors (Lipinski definition) is 2. The first-order chi connectivity index (χ1) is 15.0. The molecule has 1 aromatic heterocycles. The Morgan fingerprint density at radius 2 is 1.74 bits per heavy atom. The fraction of sp³-hybridized carbons (Fsp3) is 0.167. The Morgan fingerprint density at radius 1 is 0.968 bits per heavy atom. The Morgan fingerprint density at radius 3 is 2.55 bits per heavy atom. The number of fused-ring (bicyclic) bond motifs is 2. The van der Waals surface area contributed by atoms with Crippen LogP contribution in [0.25, 0.3) is 22.6 Å². The number of phenolic OH excluding ortho intramolecular Hbond substituents is 1. The summed E-state index contributed by atoms with van der Waals surface area (Å²) < 4.78 is 16.8. The van der Waals surface area contributed by atoms with Crippen LogP contribution in [0.4, 0.5) is 5.69 Å². The monoisotopic (exact) mass is 416 g/mol. The van der Waals surface area contributed by atoms with Gasteiger partial charge in [0.2, 0.25) is 5.89 Å². The van der Waals surface area contributed by atoms with E-state index in [2.05, 4.69) is 10.3 Å². The molecule has 0 saturated heterocycles. The van der Waals surface area contributed by atoms with E-state index in [9.17, 15) is 9.90 Å². The SMILES string of the molecule is Cc1cc2nc(-c3ccc(NC(=O)c4ccc5c(c4)OCCO5)cc3O)oc2cc1C. The number of aryl methyl sites for hydroxylation is 2. The highest BCUT2D eigenvalue weighted by Crippen LogP contribution is 2.34. The number of oxazole rings is 1. The number of benzene rings is 3. The zero-order valence-electron chi connectivity index (χ0n) is 17.1. The molecule has 1 aliphatic rings. The van der Waals surface area contributed by atoms with Gasteiger partial charge in [-0.1, -0.05) is 0 Å². The number of nitrogens with one attached hydrogen (secondary N) is 1. The number of amides is 1. The molecule has 156 valence electrons. The van der Waals surface area contributed by atoms with Gasteiger partial charge in [-0.15, -0.1) is 0 Å². The van der Waals surface area contributed by atoms with Crippen LogP contribution in [0.5, 0.6) is 17.2 Å². The van der Waals surface area contributed by atoms with E-state index in [1.807, 2.05) is 26.0 Å². The van der Waals surface area contributed by atoms with Crippen molar-refractivity contribution >= 4 is 22.7 Å². The van der Waals surface area contributed by atoms with Gasteiger partial charge in [0.1, 0.15) is 24.5 Å². The van der Waals surface area contributed by atoms with Crippen LogP contribution in [-0.2, 0) is 0 Å². The number of aromatic hydroxyl groups is 1. The van der Waals surface area contributed by atoms with Gasteiger partial charge in [-0.3, -0.25) is 4.79 Å². The van der Waals surface area contributed by atoms with Crippen LogP contribution >= 0.6 is 0 Å². The lowest BCUT2D eigenvalue weighted by Crippen LogP contribution is -2.17. The lowest BCUT2D eigenvalue weighted by Gasteiger charge is -2.18. The minimum Gasteiger partial charge on any atom is -0.507 e. The summed E-state index contributed by atoms with van der Waals surface area (Å²) in [4.78, 5) is 17.1. The molecule has 4 aromatic rings. The number of rotatable bonds is 3. The molecule has 2 N–H and O–H groups in total. The lowest BCUT2D eigenvalue weighted by atomic mass is 10.1. The predicted molar refractivity (Wildman–Crippen MR) is 116 cm³/mol. The number of carbonyl (C=O) groups excluding carboxylic acids is 1. The predicted octanol–water partition coefficient (Wildman–Crippen LogP) is 4.84. The summed E-state index contributed by atoms with van der Waals surface area (Å²) in [5.74, 6) is 1.12. The second kappa shape index (κ2) is 7.36. The number of aromatic nitrogens is 1. The van der Waals surface area contributed by atoms with Gasteiger partial charge in [-0.2, -0.15) is 0 Å². The molecule has 1 aliphatic heterocycles. The Labute approximate surface area is 178 Å². The van der Waals surface area contributed by atoms with Crippen molar-refractivity contribution in [1.82, 2.24) is 4.98 Å². The zero-order chi connectivity index (χ0) is 21.5. The van der Waals surface area contributed by atoms with Gasteiger partial charge in [0, 0.05) is 17.3 Å². The van der Waals surface area contributed by atoms with Crippen molar-refractivity contribution in [3.63, 3.8) is 0 Å². The Hall–Kier alpha value is -4.00. The van der Waals surface area contributed by atoms with Crippen molar-refractivity contribution in [2.45, 2.75) is 13.8 Å². The van der Waals surface area contributed by atoms with Crippen molar-refractivity contribution in [2.24, 2.45) is 0 Å². The van der Waals surface area contributed by atoms with Crippen molar-refractivity contribution in [3.8, 4) is 28.7 Å². The average molecular weight is 416 g/mol. The smallest absolute Gasteiger partial charge is 0.255 e. The van der Waals surface area contributed by atoms with Crippen LogP contribution in [-0.4, -0.2) is 29.2 Å². The molecule has 0 fully saturated rings. The molecule has 0 aliphatic carbocycles. The molecule has 0 bridgehead atoms. The molecule has 0 unspecified atom stereocenters. The van der Waals surface area contributed by atoms with Crippen LogP contribution in [0.2, 0.25) is 0 Å². The van der Waals surface area contributed by atoms with Crippen molar-refractivity contribution in [3.05, 3.63) is 65.2 Å². The average Bonchev–Trinajstić information content (AvgIpc) is 3.16. The third-order valence-electron chi connectivity index (χ3n) is 5.29. The van der Waals surface area contributed by atoms with Gasteiger partial charge in [0.25, 0.3) is 5.91 Å². The molecular formula is C24H20N2O5. The number of carbonyl (C=O) groups is 1. The highest BCUT2D eigenvalue weighted by atomic mass is 16.6. The van der Waals surface area contributed by atoms with Crippen LogP contribution in [0.1, 0.15) is 21.5 Å². The maximum atomic E-state index is 12.6. The largest absolute Gasteiger partial charge is 0.507 e. The Balaban J connectivity index is 1.39. The second-order valence-electron chi connectivity index (χ2n) is 7.47. The van der Waals surface area contributed by atoms with E-state index in [0.717, 1.165) is 16.6 Å². The van der Waals surface area contributed by atoms with E-state index >= 15 is 0 Å². The molecule has 0 atom stereocenters. The molecule has 3 aromatic carbocycles. The Bertz CT molecular complexity index is 1290. The fourth-order valence-corrected chi connectivity index (χ4v) is 3.47. The Kier molecular flexibility index (Phi) is 4.51. The normalized spacial score (nSPS) is 12.7. The van der Waals surface area contributed by atoms with Gasteiger partial charge >= 0.3 is 0 Å². The number of ether oxygens (including phenoxy) is 2. The van der Waals surface area contributed by atoms with Crippen LogP contribution < -0.4 is 14.8 Å². The van der Waals surface area contributed by atoms with E-state index in [1.54, 1.807) is 30.3 Å². The van der Waals surface area contributed by atoms with E-state index < -0.39 is 0 Å². The zero-order valence-corrected chi connectivity index (χ0v) is 17.1. The standard InChI is InChI=1S/C24H20N2O5/c1-13-9-18-21(10-14(13)2)31-24(26-18)17-5-4-16(12-19(17)27)25-23(28)15-3-6-20-22(11-15)30-8-7-29-20/h3-6,9-12,27H,7-8H2,1-2H3,(H,25,28). The highest BCUT2D eigenvalue weighted by molar-refractivity contribution is 6.05. The van der Waals surface area contributed by atoms with Crippen LogP contribution in [0.3, 0.4) is 0 Å². The van der Waals surface area contributed by atoms with Crippen molar-refractivity contribution < 1.29 is 23.8 Å². The number of hydrogen-bond acceptors (Lipinski definition) is 6. The quantitative estimate of drug-likeness (QED) is 0.496. The molecule has 2 heterocycles. The molecule has 31 heavy (non-hydrogen) atoms. The molecule has 7 nitrogen and oxygen atoms in total.